The van der Waals surface area contributed by atoms with Crippen LogP contribution in [0.4, 0.5) is 0 Å². The smallest absolute Gasteiger partial charge is 0.226 e. The second kappa shape index (κ2) is 6.29. The number of aromatic nitrogens is 2. The highest BCUT2D eigenvalue weighted by Crippen LogP contribution is 2.10. The number of hydrogen-bond donors (Lipinski definition) is 1. The first-order valence-corrected chi connectivity index (χ1v) is 6.56. The Labute approximate surface area is 109 Å². The van der Waals surface area contributed by atoms with E-state index >= 15 is 0 Å². The lowest BCUT2D eigenvalue weighted by atomic mass is 10.1. The Balaban J connectivity index is 2.57. The van der Waals surface area contributed by atoms with E-state index in [0.29, 0.717) is 30.7 Å². The van der Waals surface area contributed by atoms with Crippen molar-refractivity contribution >= 4 is 0 Å². The second-order valence-electron chi connectivity index (χ2n) is 5.82. The normalized spacial score (nSPS) is 12.7. The molecule has 1 aromatic rings. The van der Waals surface area contributed by atoms with Crippen molar-refractivity contribution < 1.29 is 9.63 Å². The van der Waals surface area contributed by atoms with E-state index in [1.54, 1.807) is 13.8 Å². The molecule has 0 saturated carbocycles. The van der Waals surface area contributed by atoms with E-state index in [1.165, 1.54) is 0 Å². The molecule has 0 atom stereocenters. The molecule has 0 amide bonds. The van der Waals surface area contributed by atoms with E-state index < -0.39 is 5.60 Å². The summed E-state index contributed by atoms with van der Waals surface area (Å²) in [5.74, 6) is 1.90. The summed E-state index contributed by atoms with van der Waals surface area (Å²) in [6.45, 7) is 12.0. The monoisotopic (exact) mass is 255 g/mol. The van der Waals surface area contributed by atoms with Crippen LogP contribution in [0.15, 0.2) is 4.52 Å². The Morgan fingerprint density at radius 3 is 2.56 bits per heavy atom. The molecule has 0 radical (unpaired) electrons. The van der Waals surface area contributed by atoms with Gasteiger partial charge in [0.15, 0.2) is 5.82 Å². The summed E-state index contributed by atoms with van der Waals surface area (Å²) < 4.78 is 5.20. The molecular formula is C13H25N3O2. The molecule has 5 heteroatoms. The van der Waals surface area contributed by atoms with Gasteiger partial charge < -0.3 is 9.63 Å². The summed E-state index contributed by atoms with van der Waals surface area (Å²) in [6.07, 6.45) is 0.810. The highest BCUT2D eigenvalue weighted by atomic mass is 16.5. The lowest BCUT2D eigenvalue weighted by Gasteiger charge is -2.26. The van der Waals surface area contributed by atoms with Crippen LogP contribution in [-0.2, 0) is 13.0 Å². The van der Waals surface area contributed by atoms with Crippen molar-refractivity contribution in [2.75, 3.05) is 13.1 Å². The summed E-state index contributed by atoms with van der Waals surface area (Å²) in [5.41, 5.74) is -0.708. The molecule has 0 bridgehead atoms. The van der Waals surface area contributed by atoms with Gasteiger partial charge in [-0.15, -0.1) is 0 Å². The van der Waals surface area contributed by atoms with Crippen LogP contribution in [0.25, 0.3) is 0 Å². The molecule has 1 N–H and O–H groups in total. The van der Waals surface area contributed by atoms with Crippen LogP contribution in [0.5, 0.6) is 0 Å². The molecule has 0 spiro atoms. The molecule has 0 aliphatic rings. The van der Waals surface area contributed by atoms with Crippen molar-refractivity contribution in [3.63, 3.8) is 0 Å². The highest BCUT2D eigenvalue weighted by Gasteiger charge is 2.19. The number of hydrogen-bond acceptors (Lipinski definition) is 5. The Bertz CT molecular complexity index is 355. The first-order chi connectivity index (χ1) is 8.30. The fourth-order valence-corrected chi connectivity index (χ4v) is 1.81. The zero-order valence-electron chi connectivity index (χ0n) is 12.1. The van der Waals surface area contributed by atoms with E-state index in [9.17, 15) is 5.11 Å². The molecule has 104 valence electrons. The summed E-state index contributed by atoms with van der Waals surface area (Å²) in [6, 6.07) is 0. The maximum Gasteiger partial charge on any atom is 0.226 e. The number of aliphatic hydroxyl groups is 1. The summed E-state index contributed by atoms with van der Waals surface area (Å²) in [7, 11) is 0. The van der Waals surface area contributed by atoms with Crippen LogP contribution < -0.4 is 0 Å². The van der Waals surface area contributed by atoms with Gasteiger partial charge in [-0.3, -0.25) is 4.90 Å². The quantitative estimate of drug-likeness (QED) is 0.805. The fourth-order valence-electron chi connectivity index (χ4n) is 1.81. The van der Waals surface area contributed by atoms with Gasteiger partial charge in [-0.2, -0.15) is 4.98 Å². The molecular weight excluding hydrogens is 230 g/mol. The van der Waals surface area contributed by atoms with E-state index in [2.05, 4.69) is 35.8 Å². The Morgan fingerprint density at radius 1 is 1.39 bits per heavy atom. The largest absolute Gasteiger partial charge is 0.389 e. The molecule has 0 fully saturated rings. The topological polar surface area (TPSA) is 62.4 Å². The number of rotatable bonds is 7. The second-order valence-corrected chi connectivity index (χ2v) is 5.82. The molecule has 1 aromatic heterocycles. The van der Waals surface area contributed by atoms with E-state index in [1.807, 2.05) is 0 Å². The van der Waals surface area contributed by atoms with Gasteiger partial charge in [-0.05, 0) is 26.3 Å². The zero-order valence-corrected chi connectivity index (χ0v) is 12.1. The van der Waals surface area contributed by atoms with Crippen molar-refractivity contribution in [2.24, 2.45) is 5.92 Å². The van der Waals surface area contributed by atoms with Crippen molar-refractivity contribution in [3.05, 3.63) is 11.7 Å². The predicted molar refractivity (Wildman–Crippen MR) is 70.1 cm³/mol. The SMILES string of the molecule is CCN(Cc1noc(CC(C)C)n1)CC(C)(C)O. The molecule has 1 heterocycles. The minimum atomic E-state index is -0.708. The Kier molecular flexibility index (Phi) is 5.28. The summed E-state index contributed by atoms with van der Waals surface area (Å²) >= 11 is 0. The Morgan fingerprint density at radius 2 is 2.06 bits per heavy atom. The van der Waals surface area contributed by atoms with Crippen LogP contribution in [-0.4, -0.2) is 38.8 Å². The van der Waals surface area contributed by atoms with Gasteiger partial charge >= 0.3 is 0 Å². The van der Waals surface area contributed by atoms with Gasteiger partial charge in [0.1, 0.15) is 0 Å². The number of nitrogens with zero attached hydrogens (tertiary/aromatic N) is 3. The maximum absolute atomic E-state index is 9.82. The van der Waals surface area contributed by atoms with E-state index in [4.69, 9.17) is 4.52 Å². The van der Waals surface area contributed by atoms with Gasteiger partial charge in [-0.1, -0.05) is 25.9 Å². The van der Waals surface area contributed by atoms with Gasteiger partial charge in [0.25, 0.3) is 0 Å². The van der Waals surface area contributed by atoms with Crippen molar-refractivity contribution in [1.29, 1.82) is 0 Å². The fraction of sp³-hybridized carbons (Fsp3) is 0.846. The van der Waals surface area contributed by atoms with E-state index in [-0.39, 0.29) is 0 Å². The molecule has 0 unspecified atom stereocenters. The predicted octanol–water partition coefficient (Wildman–Crippen LogP) is 1.86. The zero-order chi connectivity index (χ0) is 13.8. The lowest BCUT2D eigenvalue weighted by Crippen LogP contribution is -2.38. The van der Waals surface area contributed by atoms with Crippen molar-refractivity contribution in [3.8, 4) is 0 Å². The van der Waals surface area contributed by atoms with Crippen molar-refractivity contribution in [1.82, 2.24) is 15.0 Å². The third-order valence-electron chi connectivity index (χ3n) is 2.52. The van der Waals surface area contributed by atoms with Crippen LogP contribution in [0.2, 0.25) is 0 Å². The average molecular weight is 255 g/mol. The van der Waals surface area contributed by atoms with Crippen LogP contribution >= 0.6 is 0 Å². The highest BCUT2D eigenvalue weighted by molar-refractivity contribution is 4.88. The molecule has 0 aliphatic heterocycles. The first kappa shape index (κ1) is 15.1. The van der Waals surface area contributed by atoms with Crippen LogP contribution in [0, 0.1) is 5.92 Å². The minimum absolute atomic E-state index is 0.511. The first-order valence-electron chi connectivity index (χ1n) is 6.56. The van der Waals surface area contributed by atoms with Crippen LogP contribution in [0.3, 0.4) is 0 Å². The molecule has 1 rings (SSSR count). The van der Waals surface area contributed by atoms with E-state index in [0.717, 1.165) is 13.0 Å². The minimum Gasteiger partial charge on any atom is -0.389 e. The maximum atomic E-state index is 9.82. The van der Waals surface area contributed by atoms with Gasteiger partial charge in [0, 0.05) is 13.0 Å². The Hall–Kier alpha value is -0.940. The lowest BCUT2D eigenvalue weighted by molar-refractivity contribution is 0.0343. The van der Waals surface area contributed by atoms with Crippen molar-refractivity contribution in [2.45, 2.75) is 53.2 Å². The summed E-state index contributed by atoms with van der Waals surface area (Å²) in [4.78, 5) is 6.47. The third-order valence-corrected chi connectivity index (χ3v) is 2.52. The number of likely N-dealkylation sites (N-methyl/N-ethyl adjacent to an activating group) is 1. The molecule has 0 aliphatic carbocycles. The molecule has 0 saturated heterocycles. The molecule has 0 aromatic carbocycles. The molecule has 18 heavy (non-hydrogen) atoms. The molecule has 5 nitrogen and oxygen atoms in total. The standard InChI is InChI=1S/C13H25N3O2/c1-6-16(9-13(4,5)17)8-11-14-12(18-15-11)7-10(2)3/h10,17H,6-9H2,1-5H3. The van der Waals surface area contributed by atoms with Gasteiger partial charge in [-0.25, -0.2) is 0 Å². The van der Waals surface area contributed by atoms with Crippen LogP contribution in [0.1, 0.15) is 46.3 Å². The third kappa shape index (κ3) is 5.60. The average Bonchev–Trinajstić information content (AvgIpc) is 2.61. The van der Waals surface area contributed by atoms with Gasteiger partial charge in [0.05, 0.1) is 12.1 Å². The van der Waals surface area contributed by atoms with Gasteiger partial charge in [0.2, 0.25) is 5.89 Å². The summed E-state index contributed by atoms with van der Waals surface area (Å²) in [5, 5.41) is 13.8.